The lowest BCUT2D eigenvalue weighted by molar-refractivity contribution is -0.145. The van der Waals surface area contributed by atoms with Crippen LogP contribution in [0.25, 0.3) is 0 Å². The van der Waals surface area contributed by atoms with Crippen LogP contribution >= 0.6 is 0 Å². The number of aromatic amines is 1. The number of carboxylic acids is 1. The van der Waals surface area contributed by atoms with Crippen molar-refractivity contribution in [3.05, 3.63) is 18.2 Å². The molecule has 0 spiro atoms. The summed E-state index contributed by atoms with van der Waals surface area (Å²) < 4.78 is 0. The van der Waals surface area contributed by atoms with E-state index in [-0.39, 0.29) is 32.1 Å². The van der Waals surface area contributed by atoms with Crippen LogP contribution in [-0.2, 0) is 35.2 Å². The molecule has 16 heteroatoms. The van der Waals surface area contributed by atoms with Crippen LogP contribution in [0.3, 0.4) is 0 Å². The van der Waals surface area contributed by atoms with Gasteiger partial charge in [0.1, 0.15) is 12.1 Å². The summed E-state index contributed by atoms with van der Waals surface area (Å²) in [6.45, 7) is 1.17. The SMILES string of the molecule is CC(O)C(NC(=O)C(Cc1cnc[nH]1)NC(=O)C(CCC(N)=O)NC(=O)C(N)CCC(N)=O)C(=O)O. The van der Waals surface area contributed by atoms with Gasteiger partial charge in [-0.1, -0.05) is 0 Å². The largest absolute Gasteiger partial charge is 0.480 e. The molecule has 1 aromatic rings. The molecule has 0 aliphatic carbocycles. The van der Waals surface area contributed by atoms with Gasteiger partial charge < -0.3 is 48.3 Å². The Morgan fingerprint density at radius 3 is 2.00 bits per heavy atom. The molecule has 0 bridgehead atoms. The van der Waals surface area contributed by atoms with E-state index in [1.165, 1.54) is 19.4 Å². The zero-order chi connectivity index (χ0) is 27.4. The van der Waals surface area contributed by atoms with E-state index < -0.39 is 65.8 Å². The number of aliphatic hydroxyl groups is 1. The van der Waals surface area contributed by atoms with Crippen molar-refractivity contribution in [1.29, 1.82) is 0 Å². The second-order valence-corrected chi connectivity index (χ2v) is 8.08. The summed E-state index contributed by atoms with van der Waals surface area (Å²) in [5.74, 6) is -5.57. The quantitative estimate of drug-likeness (QED) is 0.103. The van der Waals surface area contributed by atoms with E-state index in [0.29, 0.717) is 5.69 Å². The number of aliphatic hydroxyl groups excluding tert-OH is 1. The van der Waals surface area contributed by atoms with Crippen LogP contribution in [0.5, 0.6) is 0 Å². The van der Waals surface area contributed by atoms with E-state index >= 15 is 0 Å². The molecule has 200 valence electrons. The Hall–Kier alpha value is -4.05. The van der Waals surface area contributed by atoms with Crippen molar-refractivity contribution >= 4 is 35.5 Å². The number of rotatable bonds is 16. The van der Waals surface area contributed by atoms with Gasteiger partial charge in [-0.25, -0.2) is 9.78 Å². The average molecular weight is 513 g/mol. The van der Waals surface area contributed by atoms with Gasteiger partial charge in [0.2, 0.25) is 29.5 Å². The van der Waals surface area contributed by atoms with Crippen LogP contribution < -0.4 is 33.2 Å². The van der Waals surface area contributed by atoms with E-state index in [2.05, 4.69) is 25.9 Å². The molecule has 1 rings (SSSR count). The second kappa shape index (κ2) is 14.4. The number of nitrogens with one attached hydrogen (secondary N) is 4. The third-order valence-electron chi connectivity index (χ3n) is 5.01. The fraction of sp³-hybridized carbons (Fsp3) is 0.550. The Balaban J connectivity index is 3.07. The minimum absolute atomic E-state index is 0.0912. The molecular weight excluding hydrogens is 480 g/mol. The molecule has 1 aromatic heterocycles. The van der Waals surface area contributed by atoms with Crippen molar-refractivity contribution in [2.45, 2.75) is 69.3 Å². The third-order valence-corrected chi connectivity index (χ3v) is 5.01. The predicted octanol–water partition coefficient (Wildman–Crippen LogP) is -4.27. The zero-order valence-electron chi connectivity index (χ0n) is 19.6. The van der Waals surface area contributed by atoms with Gasteiger partial charge in [-0.3, -0.25) is 24.0 Å². The van der Waals surface area contributed by atoms with E-state index in [1.807, 2.05) is 0 Å². The number of carbonyl (C=O) groups is 6. The van der Waals surface area contributed by atoms with Gasteiger partial charge in [0.25, 0.3) is 0 Å². The monoisotopic (exact) mass is 512 g/mol. The van der Waals surface area contributed by atoms with Crippen molar-refractivity contribution in [1.82, 2.24) is 25.9 Å². The lowest BCUT2D eigenvalue weighted by Gasteiger charge is -2.25. The molecule has 0 aromatic carbocycles. The number of amides is 5. The summed E-state index contributed by atoms with van der Waals surface area (Å²) >= 11 is 0. The number of carbonyl (C=O) groups excluding carboxylic acids is 5. The highest BCUT2D eigenvalue weighted by molar-refractivity contribution is 5.94. The van der Waals surface area contributed by atoms with E-state index in [1.54, 1.807) is 0 Å². The molecule has 1 heterocycles. The van der Waals surface area contributed by atoms with Gasteiger partial charge in [0.15, 0.2) is 6.04 Å². The van der Waals surface area contributed by atoms with Crippen molar-refractivity contribution < 1.29 is 39.0 Å². The average Bonchev–Trinajstić information content (AvgIpc) is 3.30. The Morgan fingerprint density at radius 1 is 0.944 bits per heavy atom. The first-order valence-corrected chi connectivity index (χ1v) is 10.9. The second-order valence-electron chi connectivity index (χ2n) is 8.08. The standard InChI is InChI=1S/C20H32N8O8/c1-9(29)16(20(35)36)28-19(34)13(6-10-7-24-8-25-10)27-18(33)12(3-5-15(23)31)26-17(32)11(21)2-4-14(22)30/h7-9,11-13,16,29H,2-6,21H2,1H3,(H2,22,30)(H2,23,31)(H,24,25)(H,26,32)(H,27,33)(H,28,34)(H,35,36). The molecule has 0 fully saturated rings. The predicted molar refractivity (Wildman–Crippen MR) is 122 cm³/mol. The van der Waals surface area contributed by atoms with Crippen molar-refractivity contribution in [3.63, 3.8) is 0 Å². The molecular formula is C20H32N8O8. The summed E-state index contributed by atoms with van der Waals surface area (Å²) in [4.78, 5) is 78.4. The first-order chi connectivity index (χ1) is 16.8. The van der Waals surface area contributed by atoms with E-state index in [4.69, 9.17) is 17.2 Å². The highest BCUT2D eigenvalue weighted by Crippen LogP contribution is 2.05. The smallest absolute Gasteiger partial charge is 0.328 e. The summed E-state index contributed by atoms with van der Waals surface area (Å²) in [5, 5.41) is 25.8. The van der Waals surface area contributed by atoms with Crippen molar-refractivity contribution in [2.75, 3.05) is 0 Å². The maximum Gasteiger partial charge on any atom is 0.328 e. The highest BCUT2D eigenvalue weighted by Gasteiger charge is 2.32. The number of nitrogens with zero attached hydrogens (tertiary/aromatic N) is 1. The molecule has 12 N–H and O–H groups in total. The summed E-state index contributed by atoms with van der Waals surface area (Å²) in [7, 11) is 0. The van der Waals surface area contributed by atoms with Gasteiger partial charge in [0, 0.05) is 31.2 Å². The molecule has 5 amide bonds. The Labute approximate surface area is 205 Å². The number of nitrogens with two attached hydrogens (primary N) is 3. The first-order valence-electron chi connectivity index (χ1n) is 10.9. The molecule has 5 unspecified atom stereocenters. The number of hydrogen-bond donors (Lipinski definition) is 9. The van der Waals surface area contributed by atoms with E-state index in [9.17, 15) is 39.0 Å². The summed E-state index contributed by atoms with van der Waals surface area (Å²) in [5.41, 5.74) is 16.3. The Morgan fingerprint density at radius 2 is 1.50 bits per heavy atom. The van der Waals surface area contributed by atoms with Crippen LogP contribution in [0.2, 0.25) is 0 Å². The van der Waals surface area contributed by atoms with Gasteiger partial charge in [-0.15, -0.1) is 0 Å². The van der Waals surface area contributed by atoms with Crippen LogP contribution in [0.15, 0.2) is 12.5 Å². The number of carboxylic acid groups (broad SMARTS) is 1. The fourth-order valence-corrected chi connectivity index (χ4v) is 3.00. The third kappa shape index (κ3) is 10.5. The van der Waals surface area contributed by atoms with E-state index in [0.717, 1.165) is 0 Å². The molecule has 36 heavy (non-hydrogen) atoms. The molecule has 0 aliphatic heterocycles. The zero-order valence-corrected chi connectivity index (χ0v) is 19.6. The number of aromatic nitrogens is 2. The highest BCUT2D eigenvalue weighted by atomic mass is 16.4. The molecule has 0 saturated heterocycles. The first kappa shape index (κ1) is 30.0. The van der Waals surface area contributed by atoms with Gasteiger partial charge >= 0.3 is 5.97 Å². The molecule has 16 nitrogen and oxygen atoms in total. The van der Waals surface area contributed by atoms with Crippen LogP contribution in [0.4, 0.5) is 0 Å². The van der Waals surface area contributed by atoms with Gasteiger partial charge in [-0.2, -0.15) is 0 Å². The molecule has 0 saturated carbocycles. The number of hydrogen-bond acceptors (Lipinski definition) is 9. The van der Waals surface area contributed by atoms with Gasteiger partial charge in [-0.05, 0) is 19.8 Å². The number of H-pyrrole nitrogens is 1. The number of primary amides is 2. The summed E-state index contributed by atoms with van der Waals surface area (Å²) in [6.07, 6.45) is 0.303. The Kier molecular flexibility index (Phi) is 12.0. The van der Waals surface area contributed by atoms with Crippen LogP contribution in [0, 0.1) is 0 Å². The normalized spacial score (nSPS) is 15.0. The maximum absolute atomic E-state index is 13.0. The minimum atomic E-state index is -1.66. The fourth-order valence-electron chi connectivity index (χ4n) is 3.00. The Bertz CT molecular complexity index is 936. The minimum Gasteiger partial charge on any atom is -0.480 e. The number of aliphatic carboxylic acids is 1. The maximum atomic E-state index is 13.0. The summed E-state index contributed by atoms with van der Waals surface area (Å²) in [6, 6.07) is -5.57. The molecule has 0 radical (unpaired) electrons. The number of imidazole rings is 1. The lowest BCUT2D eigenvalue weighted by Crippen LogP contribution is -2.58. The van der Waals surface area contributed by atoms with Gasteiger partial charge in [0.05, 0.1) is 18.5 Å². The molecule has 5 atom stereocenters. The topological polar surface area (TPSA) is 286 Å². The van der Waals surface area contributed by atoms with Crippen LogP contribution in [0.1, 0.15) is 38.3 Å². The lowest BCUT2D eigenvalue weighted by atomic mass is 10.1. The van der Waals surface area contributed by atoms with Crippen molar-refractivity contribution in [3.8, 4) is 0 Å². The van der Waals surface area contributed by atoms with Crippen LogP contribution in [-0.4, -0.2) is 86.0 Å². The molecule has 0 aliphatic rings. The van der Waals surface area contributed by atoms with Crippen molar-refractivity contribution in [2.24, 2.45) is 17.2 Å².